The van der Waals surface area contributed by atoms with E-state index in [1.54, 1.807) is 0 Å². The van der Waals surface area contributed by atoms with Crippen molar-refractivity contribution in [1.29, 1.82) is 0 Å². The predicted molar refractivity (Wildman–Crippen MR) is 39.9 cm³/mol. The second-order valence-corrected chi connectivity index (χ2v) is 4.23. The average Bonchev–Trinajstić information content (AvgIpc) is 1.80. The van der Waals surface area contributed by atoms with Gasteiger partial charge in [-0.15, -0.1) is 0 Å². The number of aliphatic hydroxyl groups excluding tert-OH is 1. The quantitative estimate of drug-likeness (QED) is 0.316. The molecule has 14 heavy (non-hydrogen) atoms. The number of carbonyl (C=O) groups is 1. The average molecular weight is 254 g/mol. The van der Waals surface area contributed by atoms with Gasteiger partial charge in [-0.25, -0.2) is 13.9 Å². The van der Waals surface area contributed by atoms with Crippen molar-refractivity contribution >= 4 is 21.6 Å². The minimum Gasteiger partial charge on any atom is -0.480 e. The van der Waals surface area contributed by atoms with Crippen LogP contribution in [-0.4, -0.2) is 42.4 Å². The Hall–Kier alpha value is -0.310. The van der Waals surface area contributed by atoms with Crippen molar-refractivity contribution in [2.75, 3.05) is 6.61 Å². The Kier molecular flexibility index (Phi) is 7.17. The first kappa shape index (κ1) is 16.1. The van der Waals surface area contributed by atoms with E-state index in [0.717, 1.165) is 0 Å². The van der Waals surface area contributed by atoms with Crippen LogP contribution in [0.15, 0.2) is 0 Å². The van der Waals surface area contributed by atoms with Gasteiger partial charge in [0.1, 0.15) is 6.61 Å². The highest BCUT2D eigenvalue weighted by Crippen LogP contribution is 2.53. The van der Waals surface area contributed by atoms with Crippen LogP contribution in [-0.2, 0) is 18.2 Å². The molecule has 0 radical (unpaired) electrons. The van der Waals surface area contributed by atoms with Crippen molar-refractivity contribution in [2.24, 2.45) is 0 Å². The van der Waals surface area contributed by atoms with Gasteiger partial charge in [0.15, 0.2) is 0 Å². The third-order valence-corrected chi connectivity index (χ3v) is 2.05. The van der Waals surface area contributed by atoms with Crippen LogP contribution < -0.4 is 0 Å². The molecule has 10 nitrogen and oxygen atoms in total. The highest BCUT2D eigenvalue weighted by Gasteiger charge is 2.27. The highest BCUT2D eigenvalue weighted by atomic mass is 31.3. The van der Waals surface area contributed by atoms with E-state index in [0.29, 0.717) is 0 Å². The third-order valence-electron chi connectivity index (χ3n) is 0.348. The Morgan fingerprint density at radius 3 is 1.29 bits per heavy atom. The summed E-state index contributed by atoms with van der Waals surface area (Å²) in [5.74, 6) is -1.19. The monoisotopic (exact) mass is 254 g/mol. The molecule has 6 N–H and O–H groups in total. The van der Waals surface area contributed by atoms with Crippen molar-refractivity contribution in [1.82, 2.24) is 0 Å². The van der Waals surface area contributed by atoms with Crippen LogP contribution in [0.25, 0.3) is 0 Å². The zero-order valence-corrected chi connectivity index (χ0v) is 8.21. The molecule has 12 heteroatoms. The van der Waals surface area contributed by atoms with E-state index in [1.807, 2.05) is 0 Å². The van der Waals surface area contributed by atoms with Gasteiger partial charge in [0.2, 0.25) is 0 Å². The van der Waals surface area contributed by atoms with Gasteiger partial charge in [0, 0.05) is 0 Å². The predicted octanol–water partition coefficient (Wildman–Crippen LogP) is -1.75. The van der Waals surface area contributed by atoms with E-state index in [9.17, 15) is 9.13 Å². The molecule has 0 aliphatic carbocycles. The Morgan fingerprint density at radius 2 is 1.29 bits per heavy atom. The molecule has 0 aliphatic rings. The minimum absolute atomic E-state index is 0.778. The van der Waals surface area contributed by atoms with E-state index in [-0.39, 0.29) is 0 Å². The van der Waals surface area contributed by atoms with Gasteiger partial charge in [-0.3, -0.25) is 0 Å². The van der Waals surface area contributed by atoms with Crippen LogP contribution in [0.4, 0.5) is 0 Å². The van der Waals surface area contributed by atoms with Gasteiger partial charge in [-0.2, -0.15) is 4.31 Å². The maximum Gasteiger partial charge on any atom is 0.478 e. The van der Waals surface area contributed by atoms with Crippen LogP contribution in [0.3, 0.4) is 0 Å². The molecule has 0 saturated carbocycles. The molecule has 0 aliphatic heterocycles. The molecule has 86 valence electrons. The van der Waals surface area contributed by atoms with E-state index < -0.39 is 28.2 Å². The minimum atomic E-state index is -5.05. The summed E-state index contributed by atoms with van der Waals surface area (Å²) in [6.45, 7) is -0.778. The summed E-state index contributed by atoms with van der Waals surface area (Å²) >= 11 is 0. The number of aliphatic hydroxyl groups is 1. The summed E-state index contributed by atoms with van der Waals surface area (Å²) in [6, 6.07) is 0. The summed E-state index contributed by atoms with van der Waals surface area (Å²) in [5.41, 5.74) is 0. The molecule has 0 spiro atoms. The van der Waals surface area contributed by atoms with Crippen molar-refractivity contribution in [2.45, 2.75) is 0 Å². The van der Waals surface area contributed by atoms with Crippen molar-refractivity contribution < 1.29 is 48.0 Å². The molecule has 0 bridgehead atoms. The van der Waals surface area contributed by atoms with Gasteiger partial charge < -0.3 is 29.8 Å². The Morgan fingerprint density at radius 1 is 1.07 bits per heavy atom. The Labute approximate surface area is 77.2 Å². The van der Waals surface area contributed by atoms with E-state index in [4.69, 9.17) is 34.6 Å². The molecule has 0 aromatic carbocycles. The molecule has 0 heterocycles. The third kappa shape index (κ3) is 22.6. The second-order valence-electron chi connectivity index (χ2n) is 1.61. The van der Waals surface area contributed by atoms with Crippen LogP contribution in [0.1, 0.15) is 0 Å². The molecule has 0 atom stereocenters. The van der Waals surface area contributed by atoms with Crippen molar-refractivity contribution in [3.63, 3.8) is 0 Å². The maximum atomic E-state index is 9.63. The highest BCUT2D eigenvalue weighted by molar-refractivity contribution is 7.60. The molecule has 0 unspecified atom stereocenters. The molecular formula is C2H8O10P2. The van der Waals surface area contributed by atoms with Crippen LogP contribution in [0, 0.1) is 0 Å². The fraction of sp³-hybridized carbons (Fsp3) is 0.500. The van der Waals surface area contributed by atoms with Gasteiger partial charge in [-0.1, -0.05) is 0 Å². The van der Waals surface area contributed by atoms with Gasteiger partial charge in [-0.05, 0) is 0 Å². The van der Waals surface area contributed by atoms with Crippen molar-refractivity contribution in [3.05, 3.63) is 0 Å². The number of hydrogen-bond acceptors (Lipinski definition) is 5. The van der Waals surface area contributed by atoms with E-state index >= 15 is 0 Å². The zero-order valence-electron chi connectivity index (χ0n) is 6.42. The molecule has 0 aromatic rings. The molecular weight excluding hydrogens is 246 g/mol. The molecule has 0 fully saturated rings. The van der Waals surface area contributed by atoms with E-state index in [2.05, 4.69) is 4.31 Å². The number of aliphatic carboxylic acids is 1. The molecule has 0 aromatic heterocycles. The first-order chi connectivity index (χ1) is 5.98. The number of rotatable bonds is 3. The molecule has 0 amide bonds. The fourth-order valence-electron chi connectivity index (χ4n) is 0.139. The fourth-order valence-corrected chi connectivity index (χ4v) is 1.25. The number of phosphoric acid groups is 2. The second kappa shape index (κ2) is 6.23. The van der Waals surface area contributed by atoms with E-state index in [1.165, 1.54) is 0 Å². The van der Waals surface area contributed by atoms with Crippen LogP contribution in [0.2, 0.25) is 0 Å². The lowest BCUT2D eigenvalue weighted by atomic mass is 10.8. The normalized spacial score (nSPS) is 11.5. The lowest BCUT2D eigenvalue weighted by Gasteiger charge is -2.03. The largest absolute Gasteiger partial charge is 0.480 e. The van der Waals surface area contributed by atoms with Crippen LogP contribution >= 0.6 is 15.6 Å². The maximum absolute atomic E-state index is 9.63. The standard InChI is InChI=1S/C2H4O3.H4O7P2/c3-1-2(4)5;1-8(2,3)7-9(4,5)6/h3H,1H2,(H,4,5);(H2,1,2,3)(H2,4,5,6). The summed E-state index contributed by atoms with van der Waals surface area (Å²) < 4.78 is 22.2. The smallest absolute Gasteiger partial charge is 0.478 e. The lowest BCUT2D eigenvalue weighted by Crippen LogP contribution is -1.98. The summed E-state index contributed by atoms with van der Waals surface area (Å²) in [4.78, 5) is 40.1. The van der Waals surface area contributed by atoms with Crippen LogP contribution in [0.5, 0.6) is 0 Å². The molecule has 0 rings (SSSR count). The molecule has 0 saturated heterocycles. The summed E-state index contributed by atoms with van der Waals surface area (Å²) in [7, 11) is -10.1. The van der Waals surface area contributed by atoms with Crippen molar-refractivity contribution in [3.8, 4) is 0 Å². The Bertz CT molecular complexity index is 237. The Balaban J connectivity index is 0. The number of hydrogen-bond donors (Lipinski definition) is 6. The first-order valence-electron chi connectivity index (χ1n) is 2.63. The first-order valence-corrected chi connectivity index (χ1v) is 5.69. The van der Waals surface area contributed by atoms with Gasteiger partial charge in [0.05, 0.1) is 0 Å². The lowest BCUT2D eigenvalue weighted by molar-refractivity contribution is -0.140. The SMILES string of the molecule is O=C(O)CO.O=P(O)(O)OP(=O)(O)O. The summed E-state index contributed by atoms with van der Waals surface area (Å²) in [6.07, 6.45) is 0. The number of carboxylic acids is 1. The topological polar surface area (TPSA) is 182 Å². The van der Waals surface area contributed by atoms with Gasteiger partial charge in [0.25, 0.3) is 0 Å². The summed E-state index contributed by atoms with van der Waals surface area (Å²) in [5, 5.41) is 15.0. The number of carboxylic acid groups (broad SMARTS) is 1. The van der Waals surface area contributed by atoms with Gasteiger partial charge >= 0.3 is 21.6 Å². The zero-order chi connectivity index (χ0) is 12.0.